The van der Waals surface area contributed by atoms with Crippen LogP contribution in [0.1, 0.15) is 37.9 Å². The number of imide groups is 1. The number of urea groups is 1. The van der Waals surface area contributed by atoms with Gasteiger partial charge < -0.3 is 14.5 Å². The van der Waals surface area contributed by atoms with E-state index in [0.29, 0.717) is 11.7 Å². The number of methoxy groups -OCH3 is 1. The molecular weight excluding hydrogens is 338 g/mol. The fraction of sp³-hybridized carbons (Fsp3) is 0.611. The highest BCUT2D eigenvalue weighted by Crippen LogP contribution is 2.39. The number of nitrogens with zero attached hydrogens (tertiary/aromatic N) is 1. The van der Waals surface area contributed by atoms with E-state index < -0.39 is 18.0 Å². The highest BCUT2D eigenvalue weighted by molar-refractivity contribution is 5.95. The summed E-state index contributed by atoms with van der Waals surface area (Å²) < 4.78 is 10.0. The first-order valence-corrected chi connectivity index (χ1v) is 9.02. The van der Waals surface area contributed by atoms with E-state index in [0.717, 1.165) is 32.1 Å². The maximum absolute atomic E-state index is 12.3. The summed E-state index contributed by atoms with van der Waals surface area (Å²) in [6.07, 6.45) is 6.52. The summed E-state index contributed by atoms with van der Waals surface area (Å²) in [6, 6.07) is 2.66. The molecule has 0 bridgehead atoms. The molecule has 1 saturated carbocycles. The van der Waals surface area contributed by atoms with Crippen molar-refractivity contribution in [3.8, 4) is 0 Å². The van der Waals surface area contributed by atoms with Gasteiger partial charge in [0.05, 0.1) is 26.5 Å². The number of rotatable bonds is 5. The molecule has 2 heterocycles. The van der Waals surface area contributed by atoms with Crippen molar-refractivity contribution in [2.75, 3.05) is 13.7 Å². The predicted molar refractivity (Wildman–Crippen MR) is 92.0 cm³/mol. The van der Waals surface area contributed by atoms with Crippen LogP contribution in [0, 0.1) is 5.92 Å². The van der Waals surface area contributed by atoms with E-state index in [-0.39, 0.29) is 25.1 Å². The number of carbonyl (C=O) groups is 3. The van der Waals surface area contributed by atoms with Crippen LogP contribution in [0.5, 0.6) is 0 Å². The molecule has 1 aromatic rings. The monoisotopic (exact) mass is 363 g/mol. The van der Waals surface area contributed by atoms with Crippen LogP contribution >= 0.6 is 0 Å². The van der Waals surface area contributed by atoms with E-state index in [1.54, 1.807) is 12.1 Å². The van der Waals surface area contributed by atoms with Crippen molar-refractivity contribution in [2.45, 2.75) is 50.7 Å². The summed E-state index contributed by atoms with van der Waals surface area (Å²) in [7, 11) is 1.37. The molecular formula is C18H25N3O5. The van der Waals surface area contributed by atoms with Crippen LogP contribution < -0.4 is 10.6 Å². The number of fused-ring (bicyclic) bond motifs is 1. The Morgan fingerprint density at radius 3 is 2.85 bits per heavy atom. The minimum atomic E-state index is -0.583. The summed E-state index contributed by atoms with van der Waals surface area (Å²) in [5.74, 6) is 0.271. The highest BCUT2D eigenvalue weighted by Gasteiger charge is 2.46. The zero-order valence-electron chi connectivity index (χ0n) is 14.9. The number of hydrogen-bond acceptors (Lipinski definition) is 6. The van der Waals surface area contributed by atoms with Gasteiger partial charge in [-0.3, -0.25) is 19.8 Å². The van der Waals surface area contributed by atoms with Crippen LogP contribution in [0.15, 0.2) is 22.8 Å². The minimum Gasteiger partial charge on any atom is -0.468 e. The quantitative estimate of drug-likeness (QED) is 0.767. The summed E-state index contributed by atoms with van der Waals surface area (Å²) >= 11 is 0. The van der Waals surface area contributed by atoms with Gasteiger partial charge in [0, 0.05) is 6.04 Å². The zero-order chi connectivity index (χ0) is 18.5. The number of carbonyl (C=O) groups excluding carboxylic acids is 3. The summed E-state index contributed by atoms with van der Waals surface area (Å²) in [5.41, 5.74) is 0. The smallest absolute Gasteiger partial charge is 0.323 e. The molecule has 2 aliphatic rings. The maximum Gasteiger partial charge on any atom is 0.323 e. The molecule has 3 amide bonds. The van der Waals surface area contributed by atoms with E-state index in [4.69, 9.17) is 9.15 Å². The number of nitrogens with one attached hydrogen (secondary N) is 2. The number of ether oxygens (including phenoxy) is 1. The molecule has 2 fully saturated rings. The van der Waals surface area contributed by atoms with Gasteiger partial charge in [-0.25, -0.2) is 4.79 Å². The first kappa shape index (κ1) is 18.4. The Kier molecular flexibility index (Phi) is 5.92. The molecule has 0 spiro atoms. The van der Waals surface area contributed by atoms with Gasteiger partial charge in [0.25, 0.3) is 0 Å². The average Bonchev–Trinajstić information content (AvgIpc) is 3.27. The summed E-state index contributed by atoms with van der Waals surface area (Å²) in [4.78, 5) is 38.2. The Labute approximate surface area is 152 Å². The standard InChI is InChI=1S/C18H25N3O5/c1-25-17(23)15-9-12-5-2-3-7-14(12)21(15)11-16(22)20-18(24)19-10-13-6-4-8-26-13/h4,6,8,12,14-15H,2-3,5,7,9-11H2,1H3,(H2,19,20,22,24)/t12-,14+,15+/m1/s1. The second-order valence-electron chi connectivity index (χ2n) is 6.87. The molecule has 26 heavy (non-hydrogen) atoms. The van der Waals surface area contributed by atoms with Crippen LogP contribution in [0.2, 0.25) is 0 Å². The molecule has 8 nitrogen and oxygen atoms in total. The van der Waals surface area contributed by atoms with E-state index in [9.17, 15) is 14.4 Å². The van der Waals surface area contributed by atoms with Gasteiger partial charge in [0.2, 0.25) is 5.91 Å². The average molecular weight is 363 g/mol. The lowest BCUT2D eigenvalue weighted by Crippen LogP contribution is -2.50. The second-order valence-corrected chi connectivity index (χ2v) is 6.87. The third-order valence-corrected chi connectivity index (χ3v) is 5.28. The van der Waals surface area contributed by atoms with Crippen molar-refractivity contribution in [1.82, 2.24) is 15.5 Å². The SMILES string of the molecule is COC(=O)[C@@H]1C[C@H]2CCCC[C@@H]2N1CC(=O)NC(=O)NCc1ccco1. The summed E-state index contributed by atoms with van der Waals surface area (Å²) in [5, 5.41) is 4.89. The first-order chi connectivity index (χ1) is 12.6. The molecule has 0 radical (unpaired) electrons. The van der Waals surface area contributed by atoms with Crippen molar-refractivity contribution in [3.05, 3.63) is 24.2 Å². The van der Waals surface area contributed by atoms with Gasteiger partial charge in [0.15, 0.2) is 0 Å². The number of esters is 1. The largest absolute Gasteiger partial charge is 0.468 e. The van der Waals surface area contributed by atoms with Crippen molar-refractivity contribution >= 4 is 17.9 Å². The van der Waals surface area contributed by atoms with E-state index >= 15 is 0 Å². The topological polar surface area (TPSA) is 101 Å². The lowest BCUT2D eigenvalue weighted by atomic mass is 9.85. The molecule has 1 aliphatic heterocycles. The zero-order valence-corrected chi connectivity index (χ0v) is 14.9. The maximum atomic E-state index is 12.3. The molecule has 2 N–H and O–H groups in total. The number of likely N-dealkylation sites (tertiary alicyclic amines) is 1. The molecule has 0 aromatic carbocycles. The summed E-state index contributed by atoms with van der Waals surface area (Å²) in [6.45, 7) is 0.209. The van der Waals surface area contributed by atoms with Gasteiger partial charge in [-0.1, -0.05) is 12.8 Å². The van der Waals surface area contributed by atoms with Crippen LogP contribution in [0.25, 0.3) is 0 Å². The molecule has 8 heteroatoms. The molecule has 1 saturated heterocycles. The van der Waals surface area contributed by atoms with E-state index in [1.807, 2.05) is 4.90 Å². The molecule has 1 aliphatic carbocycles. The van der Waals surface area contributed by atoms with Gasteiger partial charge in [-0.05, 0) is 37.3 Å². The molecule has 1 aromatic heterocycles. The fourth-order valence-corrected chi connectivity index (χ4v) is 4.10. The third-order valence-electron chi connectivity index (χ3n) is 5.28. The normalized spacial score (nSPS) is 25.3. The van der Waals surface area contributed by atoms with Gasteiger partial charge in [-0.15, -0.1) is 0 Å². The second kappa shape index (κ2) is 8.35. The Balaban J connectivity index is 1.55. The molecule has 0 unspecified atom stereocenters. The predicted octanol–water partition coefficient (Wildman–Crippen LogP) is 1.41. The molecule has 142 valence electrons. The Morgan fingerprint density at radius 1 is 1.31 bits per heavy atom. The van der Waals surface area contributed by atoms with E-state index in [2.05, 4.69) is 10.6 Å². The van der Waals surface area contributed by atoms with Crippen LogP contribution in [-0.2, 0) is 20.9 Å². The molecule has 3 atom stereocenters. The number of furan rings is 1. The van der Waals surface area contributed by atoms with Crippen molar-refractivity contribution in [1.29, 1.82) is 0 Å². The van der Waals surface area contributed by atoms with Crippen molar-refractivity contribution < 1.29 is 23.5 Å². The Morgan fingerprint density at radius 2 is 2.12 bits per heavy atom. The Hall–Kier alpha value is -2.35. The highest BCUT2D eigenvalue weighted by atomic mass is 16.5. The van der Waals surface area contributed by atoms with Gasteiger partial charge >= 0.3 is 12.0 Å². The van der Waals surface area contributed by atoms with Crippen LogP contribution in [0.4, 0.5) is 4.79 Å². The lowest BCUT2D eigenvalue weighted by molar-refractivity contribution is -0.146. The van der Waals surface area contributed by atoms with Crippen molar-refractivity contribution in [3.63, 3.8) is 0 Å². The molecule has 3 rings (SSSR count). The minimum absolute atomic E-state index is 0.00903. The van der Waals surface area contributed by atoms with Crippen LogP contribution in [-0.4, -0.2) is 48.5 Å². The fourth-order valence-electron chi connectivity index (χ4n) is 4.10. The number of amides is 3. The van der Waals surface area contributed by atoms with Gasteiger partial charge in [-0.2, -0.15) is 0 Å². The first-order valence-electron chi connectivity index (χ1n) is 9.02. The third kappa shape index (κ3) is 4.24. The Bertz CT molecular complexity index is 645. The number of hydrogen-bond donors (Lipinski definition) is 2. The lowest BCUT2D eigenvalue weighted by Gasteiger charge is -2.32. The van der Waals surface area contributed by atoms with Crippen LogP contribution in [0.3, 0.4) is 0 Å². The van der Waals surface area contributed by atoms with Crippen molar-refractivity contribution in [2.24, 2.45) is 5.92 Å². The van der Waals surface area contributed by atoms with E-state index in [1.165, 1.54) is 13.4 Å². The van der Waals surface area contributed by atoms with Gasteiger partial charge in [0.1, 0.15) is 11.8 Å².